The SMILES string of the molecule is CC(C)(c1ccccc1)c1cccc(N(c2ccccc2)c2cc3ccccc3c3c2ccc2c4ccccc4sc23)c1. The topological polar surface area (TPSA) is 3.24 Å². The van der Waals surface area contributed by atoms with E-state index in [1.54, 1.807) is 0 Å². The van der Waals surface area contributed by atoms with Gasteiger partial charge in [0.15, 0.2) is 0 Å². The molecule has 2 heteroatoms. The molecule has 0 aliphatic rings. The summed E-state index contributed by atoms with van der Waals surface area (Å²) in [6.07, 6.45) is 0. The number of hydrogen-bond acceptors (Lipinski definition) is 2. The molecule has 0 radical (unpaired) electrons. The molecular formula is C41H31NS. The summed E-state index contributed by atoms with van der Waals surface area (Å²) in [5, 5.41) is 7.78. The number of benzene rings is 7. The standard InChI is InChI=1S/C41H31NS/c1-41(2,29-15-5-3-6-16-29)30-17-13-20-32(27-30)42(31-18-7-4-8-19-31)37-26-28-14-9-10-21-33(28)39-36(37)25-24-35-34-22-11-12-23-38(34)43-40(35)39/h3-27H,1-2H3. The average Bonchev–Trinajstić information content (AvgIpc) is 3.45. The van der Waals surface area contributed by atoms with Crippen LogP contribution in [0.2, 0.25) is 0 Å². The van der Waals surface area contributed by atoms with Crippen molar-refractivity contribution in [2.75, 3.05) is 4.90 Å². The van der Waals surface area contributed by atoms with Crippen LogP contribution < -0.4 is 4.90 Å². The molecule has 0 unspecified atom stereocenters. The fourth-order valence-corrected chi connectivity index (χ4v) is 7.85. The molecular weight excluding hydrogens is 539 g/mol. The van der Waals surface area contributed by atoms with Crippen molar-refractivity contribution in [2.24, 2.45) is 0 Å². The van der Waals surface area contributed by atoms with Crippen LogP contribution >= 0.6 is 11.3 Å². The third kappa shape index (κ3) is 4.21. The number of para-hydroxylation sites is 1. The van der Waals surface area contributed by atoms with Crippen molar-refractivity contribution >= 4 is 70.1 Å². The summed E-state index contributed by atoms with van der Waals surface area (Å²) < 4.78 is 2.68. The molecule has 1 aromatic heterocycles. The van der Waals surface area contributed by atoms with E-state index in [0.29, 0.717) is 0 Å². The predicted molar refractivity (Wildman–Crippen MR) is 188 cm³/mol. The van der Waals surface area contributed by atoms with Crippen LogP contribution in [0.1, 0.15) is 25.0 Å². The van der Waals surface area contributed by atoms with Crippen LogP contribution in [-0.4, -0.2) is 0 Å². The Morgan fingerprint density at radius 3 is 1.93 bits per heavy atom. The number of fused-ring (bicyclic) bond motifs is 7. The predicted octanol–water partition coefficient (Wildman–Crippen LogP) is 12.2. The second-order valence-corrected chi connectivity index (χ2v) is 12.8. The summed E-state index contributed by atoms with van der Waals surface area (Å²) in [5.41, 5.74) is 5.93. The molecule has 0 N–H and O–H groups in total. The van der Waals surface area contributed by atoms with Gasteiger partial charge in [0.2, 0.25) is 0 Å². The van der Waals surface area contributed by atoms with E-state index in [1.807, 2.05) is 11.3 Å². The first-order valence-corrected chi connectivity index (χ1v) is 15.7. The first kappa shape index (κ1) is 25.8. The van der Waals surface area contributed by atoms with Gasteiger partial charge in [-0.1, -0.05) is 129 Å². The zero-order valence-corrected chi connectivity index (χ0v) is 25.1. The van der Waals surface area contributed by atoms with Crippen LogP contribution in [-0.2, 0) is 5.41 Å². The number of hydrogen-bond donors (Lipinski definition) is 0. The molecule has 206 valence electrons. The Bertz CT molecular complexity index is 2260. The first-order valence-electron chi connectivity index (χ1n) is 14.9. The van der Waals surface area contributed by atoms with Crippen LogP contribution in [0, 0.1) is 0 Å². The van der Waals surface area contributed by atoms with E-state index >= 15 is 0 Å². The number of thiophene rings is 1. The molecule has 0 atom stereocenters. The Labute approximate surface area is 256 Å². The van der Waals surface area contributed by atoms with Crippen molar-refractivity contribution in [3.63, 3.8) is 0 Å². The molecule has 0 saturated carbocycles. The highest BCUT2D eigenvalue weighted by molar-refractivity contribution is 7.26. The molecule has 8 rings (SSSR count). The maximum atomic E-state index is 2.44. The van der Waals surface area contributed by atoms with Crippen LogP contribution in [0.4, 0.5) is 17.1 Å². The van der Waals surface area contributed by atoms with Gasteiger partial charge in [-0.25, -0.2) is 0 Å². The lowest BCUT2D eigenvalue weighted by Crippen LogP contribution is -2.19. The molecule has 1 nitrogen and oxygen atoms in total. The summed E-state index contributed by atoms with van der Waals surface area (Å²) >= 11 is 1.90. The summed E-state index contributed by atoms with van der Waals surface area (Å²) in [6, 6.07) is 55.4. The van der Waals surface area contributed by atoms with E-state index in [9.17, 15) is 0 Å². The van der Waals surface area contributed by atoms with E-state index in [-0.39, 0.29) is 5.41 Å². The highest BCUT2D eigenvalue weighted by Gasteiger charge is 2.25. The van der Waals surface area contributed by atoms with Crippen molar-refractivity contribution in [2.45, 2.75) is 19.3 Å². The molecule has 0 aliphatic heterocycles. The van der Waals surface area contributed by atoms with E-state index < -0.39 is 0 Å². The number of nitrogens with zero attached hydrogens (tertiary/aromatic N) is 1. The van der Waals surface area contributed by atoms with Gasteiger partial charge in [0.25, 0.3) is 0 Å². The first-order chi connectivity index (χ1) is 21.1. The minimum Gasteiger partial charge on any atom is -0.310 e. The Morgan fingerprint density at radius 1 is 0.488 bits per heavy atom. The fraction of sp³-hybridized carbons (Fsp3) is 0.0732. The van der Waals surface area contributed by atoms with Crippen molar-refractivity contribution in [1.29, 1.82) is 0 Å². The number of anilines is 3. The van der Waals surface area contributed by atoms with Gasteiger partial charge < -0.3 is 4.90 Å². The van der Waals surface area contributed by atoms with Gasteiger partial charge in [0, 0.05) is 47.7 Å². The van der Waals surface area contributed by atoms with E-state index in [2.05, 4.69) is 170 Å². The van der Waals surface area contributed by atoms with Crippen molar-refractivity contribution in [3.8, 4) is 0 Å². The van der Waals surface area contributed by atoms with Gasteiger partial charge in [-0.15, -0.1) is 11.3 Å². The normalized spacial score (nSPS) is 12.0. The van der Waals surface area contributed by atoms with Crippen molar-refractivity contribution in [3.05, 3.63) is 163 Å². The number of rotatable bonds is 5. The van der Waals surface area contributed by atoms with Crippen LogP contribution in [0.5, 0.6) is 0 Å². The lowest BCUT2D eigenvalue weighted by atomic mass is 9.78. The monoisotopic (exact) mass is 569 g/mol. The molecule has 0 aliphatic carbocycles. The molecule has 0 saturated heterocycles. The van der Waals surface area contributed by atoms with Gasteiger partial charge in [0.1, 0.15) is 0 Å². The van der Waals surface area contributed by atoms with E-state index in [0.717, 1.165) is 11.4 Å². The largest absolute Gasteiger partial charge is 0.310 e. The molecule has 0 spiro atoms. The second kappa shape index (κ2) is 10.1. The quantitative estimate of drug-likeness (QED) is 0.186. The molecule has 7 aromatic carbocycles. The Hall–Kier alpha value is -4.92. The highest BCUT2D eigenvalue weighted by atomic mass is 32.1. The zero-order valence-electron chi connectivity index (χ0n) is 24.3. The van der Waals surface area contributed by atoms with Crippen LogP contribution in [0.25, 0.3) is 41.7 Å². The van der Waals surface area contributed by atoms with Crippen molar-refractivity contribution < 1.29 is 0 Å². The minimum absolute atomic E-state index is 0.145. The van der Waals surface area contributed by atoms with E-state index in [4.69, 9.17) is 0 Å². The lowest BCUT2D eigenvalue weighted by molar-refractivity contribution is 0.641. The van der Waals surface area contributed by atoms with Gasteiger partial charge in [-0.2, -0.15) is 0 Å². The fourth-order valence-electron chi connectivity index (χ4n) is 6.59. The average molecular weight is 570 g/mol. The highest BCUT2D eigenvalue weighted by Crippen LogP contribution is 2.47. The summed E-state index contributed by atoms with van der Waals surface area (Å²) in [7, 11) is 0. The van der Waals surface area contributed by atoms with Crippen molar-refractivity contribution in [1.82, 2.24) is 0 Å². The molecule has 8 aromatic rings. The maximum Gasteiger partial charge on any atom is 0.0546 e. The summed E-state index contributed by atoms with van der Waals surface area (Å²) in [5.74, 6) is 0. The van der Waals surface area contributed by atoms with Crippen LogP contribution in [0.15, 0.2) is 152 Å². The maximum absolute atomic E-state index is 2.44. The van der Waals surface area contributed by atoms with Gasteiger partial charge in [0.05, 0.1) is 5.69 Å². The minimum atomic E-state index is -0.145. The third-order valence-electron chi connectivity index (χ3n) is 8.92. The Morgan fingerprint density at radius 2 is 1.12 bits per heavy atom. The second-order valence-electron chi connectivity index (χ2n) is 11.8. The van der Waals surface area contributed by atoms with Crippen LogP contribution in [0.3, 0.4) is 0 Å². The third-order valence-corrected chi connectivity index (χ3v) is 10.1. The molecule has 0 bridgehead atoms. The summed E-state index contributed by atoms with van der Waals surface area (Å²) in [4.78, 5) is 2.44. The lowest BCUT2D eigenvalue weighted by Gasteiger charge is -2.31. The molecule has 0 fully saturated rings. The van der Waals surface area contributed by atoms with Gasteiger partial charge in [-0.05, 0) is 58.3 Å². The van der Waals surface area contributed by atoms with E-state index in [1.165, 1.54) is 58.5 Å². The molecule has 1 heterocycles. The Balaban J connectivity index is 1.43. The zero-order chi connectivity index (χ0) is 29.0. The molecule has 0 amide bonds. The smallest absolute Gasteiger partial charge is 0.0546 e. The summed E-state index contributed by atoms with van der Waals surface area (Å²) in [6.45, 7) is 4.63. The van der Waals surface area contributed by atoms with Gasteiger partial charge >= 0.3 is 0 Å². The molecule has 43 heavy (non-hydrogen) atoms. The Kier molecular flexibility index (Phi) is 6.06. The van der Waals surface area contributed by atoms with Gasteiger partial charge in [-0.3, -0.25) is 0 Å².